The van der Waals surface area contributed by atoms with Gasteiger partial charge in [0.25, 0.3) is 5.91 Å². The number of rotatable bonds is 7. The lowest BCUT2D eigenvalue weighted by molar-refractivity contribution is -0.143. The number of carbonyl (C=O) groups is 1. The van der Waals surface area contributed by atoms with Gasteiger partial charge in [-0.15, -0.1) is 12.4 Å². The number of likely N-dealkylation sites (tertiary alicyclic amines) is 1. The highest BCUT2D eigenvalue weighted by Crippen LogP contribution is 2.27. The first kappa shape index (κ1) is 21.4. The summed E-state index contributed by atoms with van der Waals surface area (Å²) in [4.78, 5) is 17.6. The Morgan fingerprint density at radius 3 is 2.04 bits per heavy atom. The quantitative estimate of drug-likeness (QED) is 0.716. The summed E-state index contributed by atoms with van der Waals surface area (Å²) in [5, 5.41) is 0. The van der Waals surface area contributed by atoms with Crippen LogP contribution >= 0.6 is 12.4 Å². The summed E-state index contributed by atoms with van der Waals surface area (Å²) in [5.74, 6) is -0.00764. The number of amides is 1. The summed E-state index contributed by atoms with van der Waals surface area (Å²) in [5.41, 5.74) is 2.05. The van der Waals surface area contributed by atoms with Gasteiger partial charge in [-0.1, -0.05) is 60.7 Å². The third kappa shape index (κ3) is 5.32. The minimum absolute atomic E-state index is 0. The maximum absolute atomic E-state index is 13.2. The molecule has 1 heterocycles. The average Bonchev–Trinajstić information content (AvgIpc) is 3.21. The molecular weight excluding hydrogens is 360 g/mol. The molecular formula is C22H29ClN2O2. The van der Waals surface area contributed by atoms with Crippen molar-refractivity contribution in [2.75, 3.05) is 33.8 Å². The van der Waals surface area contributed by atoms with Crippen molar-refractivity contribution in [1.82, 2.24) is 9.80 Å². The Morgan fingerprint density at radius 2 is 1.52 bits per heavy atom. The second kappa shape index (κ2) is 10.5. The van der Waals surface area contributed by atoms with Gasteiger partial charge in [0.2, 0.25) is 0 Å². The molecule has 1 saturated heterocycles. The zero-order valence-electron chi connectivity index (χ0n) is 16.1. The van der Waals surface area contributed by atoms with Crippen molar-refractivity contribution in [1.29, 1.82) is 0 Å². The molecule has 5 heteroatoms. The number of methoxy groups -OCH3 is 1. The molecule has 1 fully saturated rings. The first-order valence-electron chi connectivity index (χ1n) is 9.32. The van der Waals surface area contributed by atoms with Gasteiger partial charge in [0.1, 0.15) is 0 Å². The summed E-state index contributed by atoms with van der Waals surface area (Å²) in [6, 6.07) is 20.0. The van der Waals surface area contributed by atoms with Crippen LogP contribution in [0.15, 0.2) is 60.7 Å². The van der Waals surface area contributed by atoms with E-state index >= 15 is 0 Å². The Balaban J connectivity index is 0.00000261. The lowest BCUT2D eigenvalue weighted by Crippen LogP contribution is -2.41. The molecule has 1 unspecified atom stereocenters. The summed E-state index contributed by atoms with van der Waals surface area (Å²) < 4.78 is 5.57. The molecule has 146 valence electrons. The monoisotopic (exact) mass is 388 g/mol. The highest BCUT2D eigenvalue weighted by atomic mass is 35.5. The molecule has 0 bridgehead atoms. The zero-order chi connectivity index (χ0) is 18.4. The minimum atomic E-state index is -0.578. The molecule has 1 aliphatic rings. The van der Waals surface area contributed by atoms with Crippen LogP contribution in [0.3, 0.4) is 0 Å². The van der Waals surface area contributed by atoms with Crippen molar-refractivity contribution in [3.63, 3.8) is 0 Å². The minimum Gasteiger partial charge on any atom is -0.367 e. The van der Waals surface area contributed by atoms with Crippen LogP contribution in [0, 0.1) is 0 Å². The second-order valence-electron chi connectivity index (χ2n) is 6.91. The van der Waals surface area contributed by atoms with E-state index < -0.39 is 6.10 Å². The topological polar surface area (TPSA) is 32.8 Å². The fourth-order valence-electron chi connectivity index (χ4n) is 3.68. The smallest absolute Gasteiger partial charge is 0.256 e. The third-order valence-corrected chi connectivity index (χ3v) is 5.19. The predicted octanol–water partition coefficient (Wildman–Crippen LogP) is 4.09. The van der Waals surface area contributed by atoms with E-state index in [4.69, 9.17) is 4.74 Å². The molecule has 3 rings (SSSR count). The van der Waals surface area contributed by atoms with E-state index in [2.05, 4.69) is 17.0 Å². The number of halogens is 1. The second-order valence-corrected chi connectivity index (χ2v) is 6.91. The lowest BCUT2D eigenvalue weighted by atomic mass is 10.0. The van der Waals surface area contributed by atoms with E-state index in [-0.39, 0.29) is 24.4 Å². The number of hydrogen-bond acceptors (Lipinski definition) is 3. The van der Waals surface area contributed by atoms with Crippen LogP contribution in [0.5, 0.6) is 0 Å². The summed E-state index contributed by atoms with van der Waals surface area (Å²) in [7, 11) is 3.49. The molecule has 0 spiro atoms. The molecule has 0 aliphatic carbocycles. The van der Waals surface area contributed by atoms with Gasteiger partial charge in [0, 0.05) is 20.7 Å². The Bertz CT molecular complexity index is 690. The van der Waals surface area contributed by atoms with E-state index in [1.807, 2.05) is 60.5 Å². The van der Waals surface area contributed by atoms with E-state index in [1.54, 1.807) is 7.11 Å². The number of carbonyl (C=O) groups excluding carboxylic acids is 1. The fraction of sp³-hybridized carbons (Fsp3) is 0.409. The molecule has 0 saturated carbocycles. The SMILES string of the molecule is COC(C(=O)N(C)[C@H](CN1CCCC1)c1ccccc1)c1ccccc1.Cl. The van der Waals surface area contributed by atoms with Crippen LogP contribution in [0.1, 0.15) is 36.1 Å². The molecule has 2 aromatic carbocycles. The molecule has 1 aliphatic heterocycles. The van der Waals surface area contributed by atoms with Crippen molar-refractivity contribution in [2.45, 2.75) is 25.0 Å². The van der Waals surface area contributed by atoms with Crippen LogP contribution in [0.2, 0.25) is 0 Å². The van der Waals surface area contributed by atoms with E-state index in [9.17, 15) is 4.79 Å². The van der Waals surface area contributed by atoms with Crippen molar-refractivity contribution in [3.8, 4) is 0 Å². The van der Waals surface area contributed by atoms with Gasteiger partial charge < -0.3 is 14.5 Å². The Labute approximate surface area is 168 Å². The predicted molar refractivity (Wildman–Crippen MR) is 111 cm³/mol. The highest BCUT2D eigenvalue weighted by molar-refractivity contribution is 5.85. The molecule has 0 N–H and O–H groups in total. The average molecular weight is 389 g/mol. The number of ether oxygens (including phenoxy) is 1. The van der Waals surface area contributed by atoms with Crippen molar-refractivity contribution < 1.29 is 9.53 Å². The summed E-state index contributed by atoms with van der Waals surface area (Å²) >= 11 is 0. The lowest BCUT2D eigenvalue weighted by Gasteiger charge is -2.34. The fourth-order valence-corrected chi connectivity index (χ4v) is 3.68. The standard InChI is InChI=1S/C22H28N2O2.ClH/c1-23(22(25)21(26-2)19-13-7-4-8-14-19)20(17-24-15-9-10-16-24)18-11-5-3-6-12-18;/h3-8,11-14,20-21H,9-10,15-17H2,1-2H3;1H/t20-,21?;/m1./s1. The first-order chi connectivity index (χ1) is 12.7. The maximum atomic E-state index is 13.2. The molecule has 1 amide bonds. The van der Waals surface area contributed by atoms with Gasteiger partial charge in [-0.2, -0.15) is 0 Å². The van der Waals surface area contributed by atoms with Gasteiger partial charge in [0.15, 0.2) is 6.10 Å². The highest BCUT2D eigenvalue weighted by Gasteiger charge is 2.30. The summed E-state index contributed by atoms with van der Waals surface area (Å²) in [6.45, 7) is 3.08. The van der Waals surface area contributed by atoms with E-state index in [0.29, 0.717) is 0 Å². The molecule has 27 heavy (non-hydrogen) atoms. The van der Waals surface area contributed by atoms with E-state index in [0.717, 1.165) is 30.8 Å². The molecule has 0 radical (unpaired) electrons. The number of likely N-dealkylation sites (N-methyl/N-ethyl adjacent to an activating group) is 1. The Hall–Kier alpha value is -1.88. The normalized spacial score (nSPS) is 16.4. The van der Waals surface area contributed by atoms with Crippen LogP contribution in [-0.4, -0.2) is 49.5 Å². The zero-order valence-corrected chi connectivity index (χ0v) is 16.9. The number of hydrogen-bond donors (Lipinski definition) is 0. The van der Waals surface area contributed by atoms with Crippen molar-refractivity contribution in [3.05, 3.63) is 71.8 Å². The van der Waals surface area contributed by atoms with Crippen LogP contribution in [0.4, 0.5) is 0 Å². The molecule has 4 nitrogen and oxygen atoms in total. The Kier molecular flexibility index (Phi) is 8.29. The molecule has 2 aromatic rings. The van der Waals surface area contributed by atoms with Gasteiger partial charge in [-0.05, 0) is 37.1 Å². The largest absolute Gasteiger partial charge is 0.367 e. The van der Waals surface area contributed by atoms with Crippen LogP contribution in [0.25, 0.3) is 0 Å². The molecule has 2 atom stereocenters. The van der Waals surface area contributed by atoms with Gasteiger partial charge in [-0.25, -0.2) is 0 Å². The maximum Gasteiger partial charge on any atom is 0.256 e. The summed E-state index contributed by atoms with van der Waals surface area (Å²) in [6.07, 6.45) is 1.90. The third-order valence-electron chi connectivity index (χ3n) is 5.19. The van der Waals surface area contributed by atoms with Crippen LogP contribution < -0.4 is 0 Å². The van der Waals surface area contributed by atoms with E-state index in [1.165, 1.54) is 12.8 Å². The van der Waals surface area contributed by atoms with Gasteiger partial charge >= 0.3 is 0 Å². The van der Waals surface area contributed by atoms with Crippen LogP contribution in [-0.2, 0) is 9.53 Å². The Morgan fingerprint density at radius 1 is 1.00 bits per heavy atom. The molecule has 0 aromatic heterocycles. The van der Waals surface area contributed by atoms with Crippen molar-refractivity contribution in [2.24, 2.45) is 0 Å². The first-order valence-corrected chi connectivity index (χ1v) is 9.32. The van der Waals surface area contributed by atoms with Crippen molar-refractivity contribution >= 4 is 18.3 Å². The van der Waals surface area contributed by atoms with Gasteiger partial charge in [-0.3, -0.25) is 4.79 Å². The number of benzene rings is 2. The van der Waals surface area contributed by atoms with Gasteiger partial charge in [0.05, 0.1) is 6.04 Å². The number of nitrogens with zero attached hydrogens (tertiary/aromatic N) is 2.